The van der Waals surface area contributed by atoms with Crippen LogP contribution in [0.25, 0.3) is 0 Å². The molecule has 0 unspecified atom stereocenters. The van der Waals surface area contributed by atoms with Gasteiger partial charge in [-0.2, -0.15) is 0 Å². The van der Waals surface area contributed by atoms with Crippen LogP contribution in [0.3, 0.4) is 0 Å². The van der Waals surface area contributed by atoms with Gasteiger partial charge in [-0.3, -0.25) is 4.90 Å². The van der Waals surface area contributed by atoms with Gasteiger partial charge in [0, 0.05) is 15.8 Å². The molecule has 1 fully saturated rings. The zero-order chi connectivity index (χ0) is 10.7. The van der Waals surface area contributed by atoms with Crippen LogP contribution in [0.1, 0.15) is 18.4 Å². The van der Waals surface area contributed by atoms with Gasteiger partial charge in [-0.25, -0.2) is 0 Å². The number of benzene rings is 1. The lowest BCUT2D eigenvalue weighted by Crippen LogP contribution is -2.33. The Kier molecular flexibility index (Phi) is 4.23. The van der Waals surface area contributed by atoms with Crippen LogP contribution in [-0.2, 0) is 6.54 Å². The number of alkyl halides is 1. The van der Waals surface area contributed by atoms with Crippen LogP contribution in [0, 0.1) is 0 Å². The highest BCUT2D eigenvalue weighted by Crippen LogP contribution is 2.20. The molecule has 1 aromatic carbocycles. The number of hydrogen-bond donors (Lipinski definition) is 0. The van der Waals surface area contributed by atoms with Crippen LogP contribution >= 0.6 is 31.9 Å². The first-order valence-electron chi connectivity index (χ1n) is 5.35. The van der Waals surface area contributed by atoms with E-state index in [0.29, 0.717) is 0 Å². The van der Waals surface area contributed by atoms with Gasteiger partial charge in [-0.1, -0.05) is 44.0 Å². The molecule has 0 saturated carbocycles. The van der Waals surface area contributed by atoms with E-state index in [0.717, 1.165) is 11.4 Å². The van der Waals surface area contributed by atoms with Crippen LogP contribution in [-0.4, -0.2) is 22.8 Å². The maximum Gasteiger partial charge on any atom is 0.0234 e. The molecular formula is C12H15Br2N. The summed E-state index contributed by atoms with van der Waals surface area (Å²) in [5.41, 5.74) is 1.40. The summed E-state index contributed by atoms with van der Waals surface area (Å²) in [6.45, 7) is 3.50. The van der Waals surface area contributed by atoms with Gasteiger partial charge in [0.1, 0.15) is 0 Å². The molecule has 1 saturated heterocycles. The minimum atomic E-state index is 0.733. The van der Waals surface area contributed by atoms with Crippen LogP contribution in [0.5, 0.6) is 0 Å². The topological polar surface area (TPSA) is 3.24 Å². The van der Waals surface area contributed by atoms with Gasteiger partial charge >= 0.3 is 0 Å². The van der Waals surface area contributed by atoms with Crippen molar-refractivity contribution >= 4 is 31.9 Å². The van der Waals surface area contributed by atoms with Gasteiger partial charge in [0.2, 0.25) is 0 Å². The average molecular weight is 333 g/mol. The fourth-order valence-corrected chi connectivity index (χ4v) is 2.81. The van der Waals surface area contributed by atoms with Crippen molar-refractivity contribution in [1.29, 1.82) is 0 Å². The molecular weight excluding hydrogens is 318 g/mol. The molecule has 1 aliphatic rings. The first-order chi connectivity index (χ1) is 7.24. The van der Waals surface area contributed by atoms with Crippen molar-refractivity contribution in [2.75, 3.05) is 13.1 Å². The molecule has 0 atom stereocenters. The highest BCUT2D eigenvalue weighted by atomic mass is 79.9. The molecule has 1 aliphatic heterocycles. The Bertz CT molecular complexity index is 319. The molecule has 0 bridgehead atoms. The van der Waals surface area contributed by atoms with Crippen LogP contribution < -0.4 is 0 Å². The fourth-order valence-electron chi connectivity index (χ4n) is 1.95. The number of halogens is 2. The summed E-state index contributed by atoms with van der Waals surface area (Å²) >= 11 is 7.19. The Labute approximate surface area is 108 Å². The summed E-state index contributed by atoms with van der Waals surface area (Å²) in [6, 6.07) is 8.59. The van der Waals surface area contributed by atoms with Crippen molar-refractivity contribution < 1.29 is 0 Å². The van der Waals surface area contributed by atoms with E-state index in [1.54, 1.807) is 0 Å². The molecule has 0 spiro atoms. The molecule has 0 N–H and O–H groups in total. The van der Waals surface area contributed by atoms with E-state index >= 15 is 0 Å². The van der Waals surface area contributed by atoms with E-state index in [1.807, 2.05) is 0 Å². The highest BCUT2D eigenvalue weighted by Gasteiger charge is 2.16. The average Bonchev–Trinajstić information content (AvgIpc) is 2.22. The maximum atomic E-state index is 3.68. The van der Waals surface area contributed by atoms with Gasteiger partial charge in [-0.15, -0.1) is 0 Å². The quantitative estimate of drug-likeness (QED) is 0.744. The number of nitrogens with zero attached hydrogens (tertiary/aromatic N) is 1. The molecule has 15 heavy (non-hydrogen) atoms. The summed E-state index contributed by atoms with van der Waals surface area (Å²) in [7, 11) is 0. The lowest BCUT2D eigenvalue weighted by molar-refractivity contribution is 0.226. The summed E-state index contributed by atoms with van der Waals surface area (Å²) < 4.78 is 1.18. The third-order valence-electron chi connectivity index (χ3n) is 2.81. The normalized spacial score (nSPS) is 19.3. The Morgan fingerprint density at radius 2 is 2.00 bits per heavy atom. The Hall–Kier alpha value is 0.140. The third kappa shape index (κ3) is 3.58. The molecule has 0 aliphatic carbocycles. The van der Waals surface area contributed by atoms with E-state index in [4.69, 9.17) is 0 Å². The minimum absolute atomic E-state index is 0.733. The smallest absolute Gasteiger partial charge is 0.0234 e. The molecule has 1 heterocycles. The summed E-state index contributed by atoms with van der Waals surface area (Å²) in [5.74, 6) is 0. The monoisotopic (exact) mass is 331 g/mol. The van der Waals surface area contributed by atoms with Crippen molar-refractivity contribution in [2.24, 2.45) is 0 Å². The molecule has 0 amide bonds. The molecule has 1 aromatic rings. The number of hydrogen-bond acceptors (Lipinski definition) is 1. The van der Waals surface area contributed by atoms with Crippen molar-refractivity contribution in [1.82, 2.24) is 4.90 Å². The van der Waals surface area contributed by atoms with Crippen LogP contribution in [0.15, 0.2) is 28.7 Å². The second-order valence-corrected chi connectivity index (χ2v) is 6.29. The van der Waals surface area contributed by atoms with E-state index in [2.05, 4.69) is 61.0 Å². The Morgan fingerprint density at radius 1 is 1.27 bits per heavy atom. The zero-order valence-corrected chi connectivity index (χ0v) is 11.8. The minimum Gasteiger partial charge on any atom is -0.299 e. The number of likely N-dealkylation sites (tertiary alicyclic amines) is 1. The Morgan fingerprint density at radius 3 is 2.67 bits per heavy atom. The lowest BCUT2D eigenvalue weighted by atomic mass is 10.1. The first-order valence-corrected chi connectivity index (χ1v) is 7.06. The van der Waals surface area contributed by atoms with Gasteiger partial charge in [0.05, 0.1) is 0 Å². The highest BCUT2D eigenvalue weighted by molar-refractivity contribution is 9.10. The molecule has 0 radical (unpaired) electrons. The number of rotatable bonds is 2. The van der Waals surface area contributed by atoms with Crippen molar-refractivity contribution in [3.05, 3.63) is 34.3 Å². The van der Waals surface area contributed by atoms with E-state index in [-0.39, 0.29) is 0 Å². The molecule has 0 aromatic heterocycles. The SMILES string of the molecule is Brc1cccc(CN2CCC(Br)CC2)c1. The van der Waals surface area contributed by atoms with Crippen molar-refractivity contribution in [3.63, 3.8) is 0 Å². The van der Waals surface area contributed by atoms with Gasteiger partial charge in [0.25, 0.3) is 0 Å². The Balaban J connectivity index is 1.92. The predicted molar refractivity (Wildman–Crippen MR) is 71.4 cm³/mol. The second-order valence-electron chi connectivity index (χ2n) is 4.08. The van der Waals surface area contributed by atoms with Gasteiger partial charge in [0.15, 0.2) is 0 Å². The number of piperidine rings is 1. The third-order valence-corrected chi connectivity index (χ3v) is 4.22. The fraction of sp³-hybridized carbons (Fsp3) is 0.500. The van der Waals surface area contributed by atoms with E-state index in [1.165, 1.54) is 36.0 Å². The maximum absolute atomic E-state index is 3.68. The largest absolute Gasteiger partial charge is 0.299 e. The summed E-state index contributed by atoms with van der Waals surface area (Å²) in [6.07, 6.45) is 2.54. The molecule has 82 valence electrons. The summed E-state index contributed by atoms with van der Waals surface area (Å²) in [4.78, 5) is 3.26. The van der Waals surface area contributed by atoms with Crippen molar-refractivity contribution in [3.8, 4) is 0 Å². The van der Waals surface area contributed by atoms with Crippen LogP contribution in [0.4, 0.5) is 0 Å². The summed E-state index contributed by atoms with van der Waals surface area (Å²) in [5, 5.41) is 0. The van der Waals surface area contributed by atoms with Gasteiger partial charge < -0.3 is 0 Å². The van der Waals surface area contributed by atoms with E-state index in [9.17, 15) is 0 Å². The molecule has 2 rings (SSSR count). The zero-order valence-electron chi connectivity index (χ0n) is 8.63. The van der Waals surface area contributed by atoms with Gasteiger partial charge in [-0.05, 0) is 43.6 Å². The predicted octanol–water partition coefficient (Wildman–Crippen LogP) is 3.81. The molecule has 1 nitrogen and oxygen atoms in total. The lowest BCUT2D eigenvalue weighted by Gasteiger charge is -2.29. The standard InChI is InChI=1S/C12H15Br2N/c13-11-4-6-15(7-5-11)9-10-2-1-3-12(14)8-10/h1-3,8,11H,4-7,9H2. The second kappa shape index (κ2) is 5.46. The first kappa shape index (κ1) is 11.6. The van der Waals surface area contributed by atoms with Crippen molar-refractivity contribution in [2.45, 2.75) is 24.2 Å². The molecule has 3 heteroatoms. The van der Waals surface area contributed by atoms with Crippen LogP contribution in [0.2, 0.25) is 0 Å². The van der Waals surface area contributed by atoms with E-state index < -0.39 is 0 Å².